The van der Waals surface area contributed by atoms with Crippen LogP contribution in [0.2, 0.25) is 0 Å². The molecule has 2 aromatic rings. The van der Waals surface area contributed by atoms with Crippen molar-refractivity contribution in [1.82, 2.24) is 0 Å². The molecule has 1 fully saturated rings. The van der Waals surface area contributed by atoms with Crippen LogP contribution in [0.3, 0.4) is 0 Å². The lowest BCUT2D eigenvalue weighted by atomic mass is 9.86. The third-order valence-corrected chi connectivity index (χ3v) is 3.06. The first kappa shape index (κ1) is 11.5. The summed E-state index contributed by atoms with van der Waals surface area (Å²) >= 11 is 0. The van der Waals surface area contributed by atoms with Crippen molar-refractivity contribution in [3.05, 3.63) is 71.8 Å². The molecule has 0 N–H and O–H groups in total. The highest BCUT2D eigenvalue weighted by atomic mass is 16.8. The molecule has 4 heteroatoms. The molecular weight excluding hydrogens is 244 g/mol. The van der Waals surface area contributed by atoms with E-state index in [-0.39, 0.29) is 0 Å². The fraction of sp³-hybridized carbons (Fsp3) is 0.0667. The normalized spacial score (nSPS) is 16.8. The summed E-state index contributed by atoms with van der Waals surface area (Å²) in [6, 6.07) is 17.7. The van der Waals surface area contributed by atoms with Gasteiger partial charge in [-0.25, -0.2) is 9.59 Å². The van der Waals surface area contributed by atoms with E-state index in [1.54, 1.807) is 48.5 Å². The van der Waals surface area contributed by atoms with Gasteiger partial charge in [-0.1, -0.05) is 60.7 Å². The standard InChI is InChI=1S/C15H10O4/c16-13-15(19-14(17)18-13,11-7-3-1-4-8-11)12-9-5-2-6-10-12/h1-10H. The molecule has 3 rings (SSSR count). The van der Waals surface area contributed by atoms with E-state index < -0.39 is 17.7 Å². The molecule has 0 unspecified atom stereocenters. The monoisotopic (exact) mass is 254 g/mol. The van der Waals surface area contributed by atoms with Crippen molar-refractivity contribution in [2.45, 2.75) is 5.60 Å². The van der Waals surface area contributed by atoms with E-state index in [1.165, 1.54) is 0 Å². The van der Waals surface area contributed by atoms with Gasteiger partial charge in [-0.3, -0.25) is 0 Å². The van der Waals surface area contributed by atoms with Crippen LogP contribution in [0.5, 0.6) is 0 Å². The van der Waals surface area contributed by atoms with Crippen molar-refractivity contribution in [2.75, 3.05) is 0 Å². The van der Waals surface area contributed by atoms with Crippen LogP contribution in [0, 0.1) is 0 Å². The van der Waals surface area contributed by atoms with Crippen molar-refractivity contribution < 1.29 is 19.1 Å². The molecule has 1 heterocycles. The number of hydrogen-bond acceptors (Lipinski definition) is 4. The summed E-state index contributed by atoms with van der Waals surface area (Å²) in [4.78, 5) is 23.5. The van der Waals surface area contributed by atoms with Gasteiger partial charge in [0.25, 0.3) is 5.60 Å². The van der Waals surface area contributed by atoms with E-state index >= 15 is 0 Å². The molecule has 4 nitrogen and oxygen atoms in total. The van der Waals surface area contributed by atoms with E-state index in [2.05, 4.69) is 4.74 Å². The number of hydrogen-bond donors (Lipinski definition) is 0. The minimum absolute atomic E-state index is 0.567. The summed E-state index contributed by atoms with van der Waals surface area (Å²) in [6.07, 6.45) is -0.974. The zero-order chi connectivity index (χ0) is 13.3. The average molecular weight is 254 g/mol. The number of ether oxygens (including phenoxy) is 2. The SMILES string of the molecule is O=C1OC(=O)C(c2ccccc2)(c2ccccc2)O1. The zero-order valence-corrected chi connectivity index (χ0v) is 9.91. The van der Waals surface area contributed by atoms with E-state index in [1.807, 2.05) is 12.1 Å². The van der Waals surface area contributed by atoms with Gasteiger partial charge in [0, 0.05) is 11.1 Å². The van der Waals surface area contributed by atoms with E-state index in [0.29, 0.717) is 11.1 Å². The molecule has 1 saturated heterocycles. The Morgan fingerprint density at radius 2 is 1.21 bits per heavy atom. The van der Waals surface area contributed by atoms with Crippen molar-refractivity contribution >= 4 is 12.1 Å². The highest BCUT2D eigenvalue weighted by Crippen LogP contribution is 2.39. The molecule has 1 aliphatic rings. The third kappa shape index (κ3) is 1.69. The molecule has 0 amide bonds. The van der Waals surface area contributed by atoms with Gasteiger partial charge in [-0.05, 0) is 0 Å². The Hall–Kier alpha value is -2.62. The van der Waals surface area contributed by atoms with Gasteiger partial charge in [-0.2, -0.15) is 0 Å². The average Bonchev–Trinajstić information content (AvgIpc) is 2.76. The lowest BCUT2D eigenvalue weighted by Gasteiger charge is -2.23. The van der Waals surface area contributed by atoms with Crippen molar-refractivity contribution in [3.63, 3.8) is 0 Å². The summed E-state index contributed by atoms with van der Waals surface area (Å²) in [5.74, 6) is -0.713. The van der Waals surface area contributed by atoms with E-state index in [9.17, 15) is 9.59 Å². The smallest absolute Gasteiger partial charge is 0.405 e. The van der Waals surface area contributed by atoms with Gasteiger partial charge >= 0.3 is 12.1 Å². The van der Waals surface area contributed by atoms with E-state index in [0.717, 1.165) is 0 Å². The van der Waals surface area contributed by atoms with Crippen LogP contribution >= 0.6 is 0 Å². The lowest BCUT2D eigenvalue weighted by Crippen LogP contribution is -2.34. The number of esters is 1. The fourth-order valence-electron chi connectivity index (χ4n) is 2.20. The molecule has 2 aromatic carbocycles. The minimum atomic E-state index is -1.50. The molecule has 1 aliphatic heterocycles. The Kier molecular flexibility index (Phi) is 2.56. The van der Waals surface area contributed by atoms with Gasteiger partial charge < -0.3 is 9.47 Å². The molecule has 0 aliphatic carbocycles. The number of carbonyl (C=O) groups excluding carboxylic acids is 2. The molecule has 0 aromatic heterocycles. The molecular formula is C15H10O4. The first-order chi connectivity index (χ1) is 9.23. The Morgan fingerprint density at radius 3 is 1.58 bits per heavy atom. The van der Waals surface area contributed by atoms with Gasteiger partial charge in [-0.15, -0.1) is 0 Å². The van der Waals surface area contributed by atoms with Gasteiger partial charge in [0.05, 0.1) is 0 Å². The predicted octanol–water partition coefficient (Wildman–Crippen LogP) is 2.62. The Morgan fingerprint density at radius 1 is 0.737 bits per heavy atom. The van der Waals surface area contributed by atoms with Crippen LogP contribution in [0.1, 0.15) is 11.1 Å². The highest BCUT2D eigenvalue weighted by molar-refractivity contribution is 5.98. The van der Waals surface area contributed by atoms with Gasteiger partial charge in [0.15, 0.2) is 0 Å². The summed E-state index contributed by atoms with van der Waals surface area (Å²) in [6.45, 7) is 0. The first-order valence-corrected chi connectivity index (χ1v) is 5.80. The summed E-state index contributed by atoms with van der Waals surface area (Å²) < 4.78 is 9.81. The third-order valence-electron chi connectivity index (χ3n) is 3.06. The minimum Gasteiger partial charge on any atom is -0.405 e. The van der Waals surface area contributed by atoms with Crippen LogP contribution < -0.4 is 0 Å². The fourth-order valence-corrected chi connectivity index (χ4v) is 2.20. The molecule has 0 atom stereocenters. The predicted molar refractivity (Wildman–Crippen MR) is 66.2 cm³/mol. The Balaban J connectivity index is 2.23. The maximum absolute atomic E-state index is 12.1. The number of cyclic esters (lactones) is 3. The van der Waals surface area contributed by atoms with Crippen LogP contribution in [0.25, 0.3) is 0 Å². The molecule has 94 valence electrons. The second-order valence-corrected chi connectivity index (χ2v) is 4.15. The van der Waals surface area contributed by atoms with Crippen molar-refractivity contribution in [2.24, 2.45) is 0 Å². The molecule has 0 spiro atoms. The largest absolute Gasteiger partial charge is 0.518 e. The molecule has 0 bridgehead atoms. The molecule has 19 heavy (non-hydrogen) atoms. The van der Waals surface area contributed by atoms with Gasteiger partial charge in [0.2, 0.25) is 0 Å². The van der Waals surface area contributed by atoms with Crippen molar-refractivity contribution in [1.29, 1.82) is 0 Å². The maximum Gasteiger partial charge on any atom is 0.518 e. The first-order valence-electron chi connectivity index (χ1n) is 5.80. The van der Waals surface area contributed by atoms with Crippen LogP contribution in [-0.2, 0) is 19.9 Å². The summed E-state index contributed by atoms with van der Waals surface area (Å²) in [5.41, 5.74) is -0.367. The second-order valence-electron chi connectivity index (χ2n) is 4.15. The summed E-state index contributed by atoms with van der Waals surface area (Å²) in [7, 11) is 0. The molecule has 0 radical (unpaired) electrons. The van der Waals surface area contributed by atoms with Crippen molar-refractivity contribution in [3.8, 4) is 0 Å². The number of carbonyl (C=O) groups is 2. The highest BCUT2D eigenvalue weighted by Gasteiger charge is 2.54. The Labute approximate surface area is 109 Å². The van der Waals surface area contributed by atoms with E-state index in [4.69, 9.17) is 4.74 Å². The van der Waals surface area contributed by atoms with Crippen LogP contribution in [0.4, 0.5) is 4.79 Å². The quantitative estimate of drug-likeness (QED) is 0.610. The molecule has 0 saturated carbocycles. The second kappa shape index (κ2) is 4.24. The number of rotatable bonds is 2. The Bertz CT molecular complexity index is 580. The zero-order valence-electron chi connectivity index (χ0n) is 9.91. The summed E-state index contributed by atoms with van der Waals surface area (Å²) in [5, 5.41) is 0. The topological polar surface area (TPSA) is 52.6 Å². The lowest BCUT2D eigenvalue weighted by molar-refractivity contribution is -0.141. The van der Waals surface area contributed by atoms with Crippen LogP contribution in [0.15, 0.2) is 60.7 Å². The van der Waals surface area contributed by atoms with Crippen LogP contribution in [-0.4, -0.2) is 12.1 Å². The van der Waals surface area contributed by atoms with Gasteiger partial charge in [0.1, 0.15) is 0 Å². The number of benzene rings is 2. The maximum atomic E-state index is 12.1.